The summed E-state index contributed by atoms with van der Waals surface area (Å²) in [6.45, 7) is 0. The molecule has 3 nitrogen and oxygen atoms in total. The third-order valence-electron chi connectivity index (χ3n) is 4.11. The number of aryl methyl sites for hydroxylation is 2. The fourth-order valence-corrected chi connectivity index (χ4v) is 3.09. The zero-order chi connectivity index (χ0) is 14.8. The molecule has 3 heteroatoms. The molecule has 0 fully saturated rings. The molecule has 0 aliphatic heterocycles. The fraction of sp³-hybridized carbons (Fsp3) is 0.333. The summed E-state index contributed by atoms with van der Waals surface area (Å²) < 4.78 is 16.5. The molecule has 0 spiro atoms. The average molecular weight is 284 g/mol. The maximum absolute atomic E-state index is 5.65. The van der Waals surface area contributed by atoms with Crippen LogP contribution in [-0.4, -0.2) is 21.3 Å². The summed E-state index contributed by atoms with van der Waals surface area (Å²) in [4.78, 5) is 0. The average Bonchev–Trinajstić information content (AvgIpc) is 2.72. The van der Waals surface area contributed by atoms with Crippen LogP contribution in [0.25, 0.3) is 11.1 Å². The maximum Gasteiger partial charge on any atom is 0.168 e. The fourth-order valence-electron chi connectivity index (χ4n) is 3.09. The molecule has 3 rings (SSSR count). The zero-order valence-electron chi connectivity index (χ0n) is 12.7. The molecule has 0 saturated heterocycles. The highest BCUT2D eigenvalue weighted by Crippen LogP contribution is 2.44. The van der Waals surface area contributed by atoms with Gasteiger partial charge in [0, 0.05) is 5.56 Å². The number of hydrogen-bond donors (Lipinski definition) is 0. The van der Waals surface area contributed by atoms with Crippen LogP contribution in [0.3, 0.4) is 0 Å². The lowest BCUT2D eigenvalue weighted by molar-refractivity contribution is 0.356. The van der Waals surface area contributed by atoms with Gasteiger partial charge in [0.15, 0.2) is 11.5 Å². The number of benzene rings is 2. The minimum absolute atomic E-state index is 0.778. The second-order valence-electron chi connectivity index (χ2n) is 5.21. The van der Waals surface area contributed by atoms with E-state index < -0.39 is 0 Å². The lowest BCUT2D eigenvalue weighted by Crippen LogP contribution is -1.97. The van der Waals surface area contributed by atoms with Gasteiger partial charge in [0.2, 0.25) is 0 Å². The van der Waals surface area contributed by atoms with Gasteiger partial charge in [0.25, 0.3) is 0 Å². The molecule has 2 aromatic carbocycles. The van der Waals surface area contributed by atoms with Gasteiger partial charge in [-0.2, -0.15) is 0 Å². The van der Waals surface area contributed by atoms with E-state index in [1.54, 1.807) is 21.3 Å². The van der Waals surface area contributed by atoms with Gasteiger partial charge in [0.05, 0.1) is 21.3 Å². The molecule has 0 unspecified atom stereocenters. The van der Waals surface area contributed by atoms with Crippen molar-refractivity contribution in [1.82, 2.24) is 0 Å². The second kappa shape index (κ2) is 5.68. The molecule has 2 aromatic rings. The summed E-state index contributed by atoms with van der Waals surface area (Å²) in [6, 6.07) is 10.4. The predicted octanol–water partition coefficient (Wildman–Crippen LogP) is 3.87. The van der Waals surface area contributed by atoms with Crippen molar-refractivity contribution in [2.75, 3.05) is 21.3 Å². The highest BCUT2D eigenvalue weighted by atomic mass is 16.5. The minimum atomic E-state index is 0.778. The Morgan fingerprint density at radius 1 is 0.810 bits per heavy atom. The molecular weight excluding hydrogens is 264 g/mol. The van der Waals surface area contributed by atoms with Gasteiger partial charge < -0.3 is 14.2 Å². The van der Waals surface area contributed by atoms with E-state index >= 15 is 0 Å². The van der Waals surface area contributed by atoms with E-state index in [9.17, 15) is 0 Å². The summed E-state index contributed by atoms with van der Waals surface area (Å²) in [7, 11) is 5.08. The van der Waals surface area contributed by atoms with Crippen molar-refractivity contribution in [3.8, 4) is 28.4 Å². The van der Waals surface area contributed by atoms with Crippen LogP contribution in [0.5, 0.6) is 17.2 Å². The van der Waals surface area contributed by atoms with E-state index in [1.807, 2.05) is 12.1 Å². The Bertz CT molecular complexity index is 662. The topological polar surface area (TPSA) is 27.7 Å². The smallest absolute Gasteiger partial charge is 0.168 e. The van der Waals surface area contributed by atoms with E-state index in [0.29, 0.717) is 0 Å². The highest BCUT2D eigenvalue weighted by Gasteiger charge is 2.21. The van der Waals surface area contributed by atoms with Gasteiger partial charge in [-0.25, -0.2) is 0 Å². The summed E-state index contributed by atoms with van der Waals surface area (Å²) in [5, 5.41) is 0. The van der Waals surface area contributed by atoms with E-state index in [4.69, 9.17) is 14.2 Å². The molecule has 1 aliphatic rings. The van der Waals surface area contributed by atoms with Crippen molar-refractivity contribution in [2.45, 2.75) is 19.3 Å². The van der Waals surface area contributed by atoms with Crippen LogP contribution in [0, 0.1) is 0 Å². The van der Waals surface area contributed by atoms with Crippen LogP contribution in [0.4, 0.5) is 0 Å². The first kappa shape index (κ1) is 13.8. The highest BCUT2D eigenvalue weighted by molar-refractivity contribution is 5.80. The van der Waals surface area contributed by atoms with Crippen molar-refractivity contribution in [3.05, 3.63) is 41.5 Å². The van der Waals surface area contributed by atoms with Gasteiger partial charge in [-0.15, -0.1) is 0 Å². The van der Waals surface area contributed by atoms with Crippen molar-refractivity contribution in [1.29, 1.82) is 0 Å². The molecule has 110 valence electrons. The molecule has 0 atom stereocenters. The number of methoxy groups -OCH3 is 3. The molecule has 0 aromatic heterocycles. The summed E-state index contributed by atoms with van der Waals surface area (Å²) in [5.74, 6) is 2.50. The SMILES string of the molecule is COc1ccc2c(c1)CCCc1ccc(OC)c(OC)c1-2. The van der Waals surface area contributed by atoms with Gasteiger partial charge in [0.1, 0.15) is 5.75 Å². The minimum Gasteiger partial charge on any atom is -0.497 e. The number of hydrogen-bond acceptors (Lipinski definition) is 3. The van der Waals surface area contributed by atoms with Crippen LogP contribution in [0.2, 0.25) is 0 Å². The van der Waals surface area contributed by atoms with E-state index in [0.717, 1.165) is 42.1 Å². The standard InChI is InChI=1S/C18H20O3/c1-19-14-8-9-15-13(11-14)6-4-5-12-7-10-16(20-2)18(21-3)17(12)15/h7-11H,4-6H2,1-3H3. The molecule has 0 N–H and O–H groups in total. The monoisotopic (exact) mass is 284 g/mol. The Hall–Kier alpha value is -2.16. The van der Waals surface area contributed by atoms with Crippen LogP contribution in [0.15, 0.2) is 30.3 Å². The first-order chi connectivity index (χ1) is 10.3. The van der Waals surface area contributed by atoms with E-state index in [1.165, 1.54) is 16.7 Å². The lowest BCUT2D eigenvalue weighted by atomic mass is 9.95. The Labute approximate surface area is 125 Å². The van der Waals surface area contributed by atoms with Gasteiger partial charge >= 0.3 is 0 Å². The molecule has 0 saturated carbocycles. The summed E-state index contributed by atoms with van der Waals surface area (Å²) in [6.07, 6.45) is 3.22. The van der Waals surface area contributed by atoms with Crippen LogP contribution in [0.1, 0.15) is 17.5 Å². The van der Waals surface area contributed by atoms with Crippen molar-refractivity contribution in [2.24, 2.45) is 0 Å². The third kappa shape index (κ3) is 2.33. The van der Waals surface area contributed by atoms with Crippen LogP contribution >= 0.6 is 0 Å². The molecular formula is C18H20O3. The largest absolute Gasteiger partial charge is 0.497 e. The van der Waals surface area contributed by atoms with Gasteiger partial charge in [-0.1, -0.05) is 12.1 Å². The number of ether oxygens (including phenoxy) is 3. The lowest BCUT2D eigenvalue weighted by Gasteiger charge is -2.17. The van der Waals surface area contributed by atoms with Crippen molar-refractivity contribution < 1.29 is 14.2 Å². The predicted molar refractivity (Wildman–Crippen MR) is 83.6 cm³/mol. The molecule has 0 amide bonds. The zero-order valence-corrected chi connectivity index (χ0v) is 12.7. The molecule has 0 heterocycles. The Morgan fingerprint density at radius 2 is 1.62 bits per heavy atom. The van der Waals surface area contributed by atoms with Crippen molar-refractivity contribution >= 4 is 0 Å². The van der Waals surface area contributed by atoms with E-state index in [2.05, 4.69) is 18.2 Å². The molecule has 21 heavy (non-hydrogen) atoms. The number of fused-ring (bicyclic) bond motifs is 3. The third-order valence-corrected chi connectivity index (χ3v) is 4.11. The van der Waals surface area contributed by atoms with Gasteiger partial charge in [-0.05, 0) is 54.2 Å². The van der Waals surface area contributed by atoms with Gasteiger partial charge in [-0.3, -0.25) is 0 Å². The second-order valence-corrected chi connectivity index (χ2v) is 5.21. The molecule has 0 bridgehead atoms. The van der Waals surface area contributed by atoms with E-state index in [-0.39, 0.29) is 0 Å². The van der Waals surface area contributed by atoms with Crippen molar-refractivity contribution in [3.63, 3.8) is 0 Å². The molecule has 1 aliphatic carbocycles. The Balaban J connectivity index is 2.27. The first-order valence-corrected chi connectivity index (χ1v) is 7.19. The van der Waals surface area contributed by atoms with Crippen LogP contribution < -0.4 is 14.2 Å². The molecule has 0 radical (unpaired) electrons. The quantitative estimate of drug-likeness (QED) is 0.856. The summed E-state index contributed by atoms with van der Waals surface area (Å²) in [5.41, 5.74) is 5.00. The first-order valence-electron chi connectivity index (χ1n) is 7.19. The normalized spacial score (nSPS) is 12.9. The number of rotatable bonds is 3. The maximum atomic E-state index is 5.65. The Kier molecular flexibility index (Phi) is 3.74. The Morgan fingerprint density at radius 3 is 2.33 bits per heavy atom. The summed E-state index contributed by atoms with van der Waals surface area (Å²) >= 11 is 0. The van der Waals surface area contributed by atoms with Crippen LogP contribution in [-0.2, 0) is 12.8 Å².